The van der Waals surface area contributed by atoms with Gasteiger partial charge in [0.15, 0.2) is 0 Å². The van der Waals surface area contributed by atoms with E-state index in [-0.39, 0.29) is 12.2 Å². The summed E-state index contributed by atoms with van der Waals surface area (Å²) in [6.07, 6.45) is -0.681. The highest BCUT2D eigenvalue weighted by Crippen LogP contribution is 2.21. The lowest BCUT2D eigenvalue weighted by Crippen LogP contribution is -2.33. The van der Waals surface area contributed by atoms with Crippen molar-refractivity contribution >= 4 is 22.6 Å². The van der Waals surface area contributed by atoms with E-state index in [4.69, 9.17) is 9.47 Å². The summed E-state index contributed by atoms with van der Waals surface area (Å²) in [5.74, 6) is 0. The van der Waals surface area contributed by atoms with E-state index in [0.717, 1.165) is 9.99 Å². The molecule has 1 N–H and O–H groups in total. The summed E-state index contributed by atoms with van der Waals surface area (Å²) in [4.78, 5) is 0. The molecule has 4 heteroatoms. The largest absolute Gasteiger partial charge is 0.388 e. The molecule has 1 aliphatic rings. The van der Waals surface area contributed by atoms with Crippen LogP contribution in [0.3, 0.4) is 0 Å². The molecule has 0 aromatic heterocycles. The van der Waals surface area contributed by atoms with Gasteiger partial charge in [-0.3, -0.25) is 0 Å². The Kier molecular flexibility index (Phi) is 4.57. The van der Waals surface area contributed by atoms with Gasteiger partial charge in [0.1, 0.15) is 12.2 Å². The Morgan fingerprint density at radius 2 is 2.12 bits per heavy atom. The predicted molar refractivity (Wildman–Crippen MR) is 69.7 cm³/mol. The molecule has 0 amide bonds. The van der Waals surface area contributed by atoms with E-state index in [0.29, 0.717) is 13.2 Å². The molecule has 0 aliphatic carbocycles. The first-order valence-corrected chi connectivity index (χ1v) is 6.85. The third kappa shape index (κ3) is 2.94. The van der Waals surface area contributed by atoms with Crippen LogP contribution in [0.25, 0.3) is 0 Å². The second-order valence-corrected chi connectivity index (χ2v) is 4.74. The van der Waals surface area contributed by atoms with Gasteiger partial charge in [-0.25, -0.2) is 0 Å². The zero-order chi connectivity index (χ0) is 11.4. The van der Waals surface area contributed by atoms with Crippen LogP contribution in [0.5, 0.6) is 0 Å². The van der Waals surface area contributed by atoms with Crippen LogP contribution in [0.2, 0.25) is 0 Å². The van der Waals surface area contributed by atoms with Gasteiger partial charge < -0.3 is 14.6 Å². The Balaban J connectivity index is 1.89. The number of halogens is 1. The number of ether oxygens (including phenoxy) is 2. The number of hydrogen-bond acceptors (Lipinski definition) is 3. The second kappa shape index (κ2) is 5.95. The van der Waals surface area contributed by atoms with Crippen molar-refractivity contribution in [2.75, 3.05) is 11.0 Å². The van der Waals surface area contributed by atoms with Crippen molar-refractivity contribution in [3.05, 3.63) is 35.9 Å². The molecular formula is C12H15IO3. The average molecular weight is 334 g/mol. The molecule has 0 unspecified atom stereocenters. The van der Waals surface area contributed by atoms with E-state index in [1.807, 2.05) is 30.3 Å². The van der Waals surface area contributed by atoms with Crippen LogP contribution in [0.1, 0.15) is 5.56 Å². The number of hydrogen-bond donors (Lipinski definition) is 1. The van der Waals surface area contributed by atoms with E-state index in [1.54, 1.807) is 0 Å². The molecule has 1 aromatic carbocycles. The highest BCUT2D eigenvalue weighted by Gasteiger charge is 2.36. The standard InChI is InChI=1S/C12H15IO3/c13-6-11-12(10(14)8-15-11)16-7-9-4-2-1-3-5-9/h1-5,10-12,14H,6-8H2/t10-,11-,12-/m1/s1. The topological polar surface area (TPSA) is 38.7 Å². The first kappa shape index (κ1) is 12.3. The summed E-state index contributed by atoms with van der Waals surface area (Å²) in [5.41, 5.74) is 1.12. The van der Waals surface area contributed by atoms with Crippen molar-refractivity contribution in [1.29, 1.82) is 0 Å². The molecule has 3 atom stereocenters. The average Bonchev–Trinajstić information content (AvgIpc) is 2.69. The molecule has 16 heavy (non-hydrogen) atoms. The van der Waals surface area contributed by atoms with Gasteiger partial charge in [-0.2, -0.15) is 0 Å². The second-order valence-electron chi connectivity index (χ2n) is 3.85. The Morgan fingerprint density at radius 3 is 2.81 bits per heavy atom. The van der Waals surface area contributed by atoms with Crippen molar-refractivity contribution in [2.24, 2.45) is 0 Å². The lowest BCUT2D eigenvalue weighted by Gasteiger charge is -2.19. The zero-order valence-electron chi connectivity index (χ0n) is 8.88. The molecule has 1 heterocycles. The van der Waals surface area contributed by atoms with Gasteiger partial charge in [0, 0.05) is 4.43 Å². The van der Waals surface area contributed by atoms with Gasteiger partial charge in [0.2, 0.25) is 0 Å². The maximum atomic E-state index is 9.72. The molecule has 88 valence electrons. The van der Waals surface area contributed by atoms with E-state index >= 15 is 0 Å². The van der Waals surface area contributed by atoms with Crippen LogP contribution in [0, 0.1) is 0 Å². The lowest BCUT2D eigenvalue weighted by molar-refractivity contribution is -0.0388. The van der Waals surface area contributed by atoms with Gasteiger partial charge in [-0.1, -0.05) is 52.9 Å². The Bertz CT molecular complexity index is 317. The molecule has 0 radical (unpaired) electrons. The first-order chi connectivity index (χ1) is 7.81. The summed E-state index contributed by atoms with van der Waals surface area (Å²) in [5, 5.41) is 9.72. The van der Waals surface area contributed by atoms with Gasteiger partial charge >= 0.3 is 0 Å². The third-order valence-corrected chi connectivity index (χ3v) is 3.53. The molecule has 3 nitrogen and oxygen atoms in total. The number of aliphatic hydroxyl groups is 1. The van der Waals surface area contributed by atoms with Crippen molar-refractivity contribution < 1.29 is 14.6 Å². The molecule has 0 bridgehead atoms. The molecule has 1 fully saturated rings. The van der Waals surface area contributed by atoms with Gasteiger partial charge in [-0.15, -0.1) is 0 Å². The minimum absolute atomic E-state index is 0.0133. The highest BCUT2D eigenvalue weighted by molar-refractivity contribution is 14.1. The molecule has 1 saturated heterocycles. The minimum Gasteiger partial charge on any atom is -0.388 e. The Labute approximate surface area is 109 Å². The first-order valence-electron chi connectivity index (χ1n) is 5.32. The molecule has 2 rings (SSSR count). The number of aliphatic hydroxyl groups excluding tert-OH is 1. The van der Waals surface area contributed by atoms with Crippen molar-refractivity contribution in [2.45, 2.75) is 24.9 Å². The lowest BCUT2D eigenvalue weighted by atomic mass is 10.1. The van der Waals surface area contributed by atoms with Crippen molar-refractivity contribution in [3.8, 4) is 0 Å². The fraction of sp³-hybridized carbons (Fsp3) is 0.500. The molecule has 1 aliphatic heterocycles. The number of benzene rings is 1. The highest BCUT2D eigenvalue weighted by atomic mass is 127. The van der Waals surface area contributed by atoms with Crippen LogP contribution in [0.15, 0.2) is 30.3 Å². The van der Waals surface area contributed by atoms with Crippen LogP contribution >= 0.6 is 22.6 Å². The summed E-state index contributed by atoms with van der Waals surface area (Å²) in [6, 6.07) is 9.97. The SMILES string of the molecule is O[C@@H]1CO[C@H](CI)[C@@H]1OCc1ccccc1. The Hall–Kier alpha value is -0.170. The monoisotopic (exact) mass is 334 g/mol. The maximum Gasteiger partial charge on any atom is 0.113 e. The molecule has 1 aromatic rings. The van der Waals surface area contributed by atoms with Crippen LogP contribution in [-0.2, 0) is 16.1 Å². The van der Waals surface area contributed by atoms with Crippen molar-refractivity contribution in [3.63, 3.8) is 0 Å². The van der Waals surface area contributed by atoms with Gasteiger partial charge in [0.05, 0.1) is 19.3 Å². The zero-order valence-corrected chi connectivity index (χ0v) is 11.0. The smallest absolute Gasteiger partial charge is 0.113 e. The summed E-state index contributed by atoms with van der Waals surface area (Å²) in [7, 11) is 0. The molecular weight excluding hydrogens is 319 g/mol. The van der Waals surface area contributed by atoms with E-state index in [9.17, 15) is 5.11 Å². The Morgan fingerprint density at radius 1 is 1.38 bits per heavy atom. The fourth-order valence-electron chi connectivity index (χ4n) is 1.78. The van der Waals surface area contributed by atoms with Gasteiger partial charge in [-0.05, 0) is 5.56 Å². The minimum atomic E-state index is -0.497. The van der Waals surface area contributed by atoms with Crippen LogP contribution in [0.4, 0.5) is 0 Å². The summed E-state index contributed by atoms with van der Waals surface area (Å²) in [6.45, 7) is 0.909. The summed E-state index contributed by atoms with van der Waals surface area (Å²) >= 11 is 2.25. The van der Waals surface area contributed by atoms with E-state index in [1.165, 1.54) is 0 Å². The summed E-state index contributed by atoms with van der Waals surface area (Å²) < 4.78 is 12.0. The maximum absolute atomic E-state index is 9.72. The predicted octanol–water partition coefficient (Wildman–Crippen LogP) is 1.77. The van der Waals surface area contributed by atoms with Crippen molar-refractivity contribution in [1.82, 2.24) is 0 Å². The molecule has 0 saturated carbocycles. The van der Waals surface area contributed by atoms with Gasteiger partial charge in [0.25, 0.3) is 0 Å². The van der Waals surface area contributed by atoms with Crippen LogP contribution < -0.4 is 0 Å². The quantitative estimate of drug-likeness (QED) is 0.674. The third-order valence-electron chi connectivity index (χ3n) is 2.66. The number of rotatable bonds is 4. The fourth-order valence-corrected chi connectivity index (χ4v) is 2.53. The molecule has 0 spiro atoms. The van der Waals surface area contributed by atoms with E-state index in [2.05, 4.69) is 22.6 Å². The van der Waals surface area contributed by atoms with E-state index < -0.39 is 6.10 Å². The normalized spacial score (nSPS) is 29.5. The van der Waals surface area contributed by atoms with Crippen LogP contribution in [-0.4, -0.2) is 34.5 Å². The number of alkyl halides is 1.